The van der Waals surface area contributed by atoms with Crippen molar-refractivity contribution in [3.05, 3.63) is 18.5 Å². The van der Waals surface area contributed by atoms with Crippen LogP contribution in [0.5, 0.6) is 0 Å². The van der Waals surface area contributed by atoms with E-state index in [2.05, 4.69) is 57.7 Å². The monoisotopic (exact) mass is 347 g/mol. The molecule has 0 spiro atoms. The zero-order valence-electron chi connectivity index (χ0n) is 16.1. The number of aliphatic imine (C=N–C) groups is 1. The second-order valence-corrected chi connectivity index (χ2v) is 6.29. The molecule has 7 nitrogen and oxygen atoms in total. The van der Waals surface area contributed by atoms with Gasteiger partial charge < -0.3 is 15.1 Å². The molecule has 1 aliphatic rings. The molecule has 0 saturated carbocycles. The molecular weight excluding hydrogens is 314 g/mol. The van der Waals surface area contributed by atoms with Gasteiger partial charge in [-0.3, -0.25) is 9.89 Å². The van der Waals surface area contributed by atoms with E-state index in [0.717, 1.165) is 64.3 Å². The van der Waals surface area contributed by atoms with Gasteiger partial charge in [-0.25, -0.2) is 9.97 Å². The first-order valence-electron chi connectivity index (χ1n) is 9.48. The molecular formula is C18H33N7. The summed E-state index contributed by atoms with van der Waals surface area (Å²) < 4.78 is 0. The Labute approximate surface area is 152 Å². The molecule has 25 heavy (non-hydrogen) atoms. The number of hydrogen-bond donors (Lipinski definition) is 1. The maximum absolute atomic E-state index is 4.89. The molecule has 140 valence electrons. The van der Waals surface area contributed by atoms with E-state index in [9.17, 15) is 0 Å². The molecule has 1 atom stereocenters. The Morgan fingerprint density at radius 2 is 1.80 bits per heavy atom. The predicted molar refractivity (Wildman–Crippen MR) is 104 cm³/mol. The van der Waals surface area contributed by atoms with Gasteiger partial charge in [0.15, 0.2) is 5.96 Å². The molecule has 1 aliphatic heterocycles. The first-order chi connectivity index (χ1) is 12.2. The molecule has 1 N–H and O–H groups in total. The molecule has 0 amide bonds. The summed E-state index contributed by atoms with van der Waals surface area (Å²) in [4.78, 5) is 20.6. The van der Waals surface area contributed by atoms with Crippen molar-refractivity contribution in [1.29, 1.82) is 0 Å². The largest absolute Gasteiger partial charge is 0.357 e. The van der Waals surface area contributed by atoms with Crippen molar-refractivity contribution in [3.63, 3.8) is 0 Å². The predicted octanol–water partition coefficient (Wildman–Crippen LogP) is 1.29. The third-order valence-corrected chi connectivity index (χ3v) is 4.69. The minimum absolute atomic E-state index is 0.461. The molecule has 2 rings (SSSR count). The van der Waals surface area contributed by atoms with Gasteiger partial charge in [-0.1, -0.05) is 13.8 Å². The van der Waals surface area contributed by atoms with Crippen LogP contribution in [0.4, 0.5) is 5.95 Å². The van der Waals surface area contributed by atoms with Gasteiger partial charge in [0.2, 0.25) is 5.95 Å². The van der Waals surface area contributed by atoms with Crippen molar-refractivity contribution in [2.24, 2.45) is 4.99 Å². The Balaban J connectivity index is 1.93. The highest BCUT2D eigenvalue weighted by atomic mass is 15.4. The van der Waals surface area contributed by atoms with Crippen molar-refractivity contribution >= 4 is 11.9 Å². The summed E-state index contributed by atoms with van der Waals surface area (Å²) in [6.07, 6.45) is 3.60. The zero-order valence-corrected chi connectivity index (χ0v) is 16.1. The number of guanidine groups is 1. The molecule has 1 aromatic rings. The lowest BCUT2D eigenvalue weighted by Crippen LogP contribution is -2.53. The highest BCUT2D eigenvalue weighted by Crippen LogP contribution is 2.10. The number of hydrogen-bond acceptors (Lipinski definition) is 5. The molecule has 0 radical (unpaired) electrons. The first kappa shape index (κ1) is 19.4. The van der Waals surface area contributed by atoms with Gasteiger partial charge in [0, 0.05) is 51.2 Å². The highest BCUT2D eigenvalue weighted by molar-refractivity contribution is 5.80. The highest BCUT2D eigenvalue weighted by Gasteiger charge is 2.21. The Morgan fingerprint density at radius 3 is 2.36 bits per heavy atom. The number of anilines is 1. The molecule has 1 saturated heterocycles. The fraction of sp³-hybridized carbons (Fsp3) is 0.722. The SMILES string of the molecule is CCNC(=NCC(C)N(CC)CC)N1CCN(c2ncccn2)CC1. The van der Waals surface area contributed by atoms with Crippen LogP contribution < -0.4 is 10.2 Å². The van der Waals surface area contributed by atoms with Crippen LogP contribution in [0.1, 0.15) is 27.7 Å². The zero-order chi connectivity index (χ0) is 18.1. The summed E-state index contributed by atoms with van der Waals surface area (Å²) in [6, 6.07) is 2.31. The standard InChI is InChI=1S/C18H33N7/c1-5-19-17(22-15-16(4)23(6-2)7-3)24-11-13-25(14-12-24)18-20-9-8-10-21-18/h8-10,16H,5-7,11-15H2,1-4H3,(H,19,22). The van der Waals surface area contributed by atoms with E-state index in [4.69, 9.17) is 4.99 Å². The topological polar surface area (TPSA) is 59.9 Å². The summed E-state index contributed by atoms with van der Waals surface area (Å²) in [5, 5.41) is 3.44. The van der Waals surface area contributed by atoms with Crippen molar-refractivity contribution in [2.45, 2.75) is 33.7 Å². The van der Waals surface area contributed by atoms with Crippen LogP contribution in [0.3, 0.4) is 0 Å². The Bertz CT molecular complexity index is 507. The van der Waals surface area contributed by atoms with E-state index >= 15 is 0 Å². The lowest BCUT2D eigenvalue weighted by Gasteiger charge is -2.36. The number of piperazine rings is 1. The van der Waals surface area contributed by atoms with Crippen LogP contribution in [-0.2, 0) is 0 Å². The van der Waals surface area contributed by atoms with Crippen LogP contribution in [0.25, 0.3) is 0 Å². The Morgan fingerprint density at radius 1 is 1.16 bits per heavy atom. The third-order valence-electron chi connectivity index (χ3n) is 4.69. The lowest BCUT2D eigenvalue weighted by molar-refractivity contribution is 0.236. The number of rotatable bonds is 7. The smallest absolute Gasteiger partial charge is 0.225 e. The van der Waals surface area contributed by atoms with Crippen LogP contribution in [-0.4, -0.2) is 84.1 Å². The van der Waals surface area contributed by atoms with Crippen LogP contribution >= 0.6 is 0 Å². The van der Waals surface area contributed by atoms with Gasteiger partial charge in [0.25, 0.3) is 0 Å². The number of nitrogens with zero attached hydrogens (tertiary/aromatic N) is 6. The quantitative estimate of drug-likeness (QED) is 0.593. The average molecular weight is 348 g/mol. The van der Waals surface area contributed by atoms with E-state index in [1.807, 2.05) is 6.07 Å². The molecule has 0 bridgehead atoms. The number of likely N-dealkylation sites (N-methyl/N-ethyl adjacent to an activating group) is 1. The molecule has 0 aromatic carbocycles. The first-order valence-corrected chi connectivity index (χ1v) is 9.48. The number of nitrogens with one attached hydrogen (secondary N) is 1. The van der Waals surface area contributed by atoms with Crippen molar-refractivity contribution in [2.75, 3.05) is 57.3 Å². The van der Waals surface area contributed by atoms with E-state index < -0.39 is 0 Å². The molecule has 7 heteroatoms. The molecule has 1 aromatic heterocycles. The third kappa shape index (κ3) is 5.56. The van der Waals surface area contributed by atoms with Crippen molar-refractivity contribution < 1.29 is 0 Å². The summed E-state index contributed by atoms with van der Waals surface area (Å²) in [5.41, 5.74) is 0. The van der Waals surface area contributed by atoms with Gasteiger partial charge >= 0.3 is 0 Å². The van der Waals surface area contributed by atoms with Gasteiger partial charge in [0.05, 0.1) is 6.54 Å². The maximum atomic E-state index is 4.89. The van der Waals surface area contributed by atoms with Gasteiger partial charge in [-0.05, 0) is 33.0 Å². The van der Waals surface area contributed by atoms with E-state index in [1.165, 1.54) is 0 Å². The molecule has 2 heterocycles. The fourth-order valence-electron chi connectivity index (χ4n) is 3.18. The summed E-state index contributed by atoms with van der Waals surface area (Å²) in [5.74, 6) is 1.84. The molecule has 1 fully saturated rings. The second-order valence-electron chi connectivity index (χ2n) is 6.29. The normalized spacial score (nSPS) is 17.1. The van der Waals surface area contributed by atoms with Crippen LogP contribution in [0, 0.1) is 0 Å². The molecule has 1 unspecified atom stereocenters. The van der Waals surface area contributed by atoms with Crippen molar-refractivity contribution in [3.8, 4) is 0 Å². The lowest BCUT2D eigenvalue weighted by atomic mass is 10.3. The summed E-state index contributed by atoms with van der Waals surface area (Å²) in [7, 11) is 0. The number of aromatic nitrogens is 2. The van der Waals surface area contributed by atoms with Crippen LogP contribution in [0.2, 0.25) is 0 Å². The maximum Gasteiger partial charge on any atom is 0.225 e. The van der Waals surface area contributed by atoms with Gasteiger partial charge in [0.1, 0.15) is 0 Å². The summed E-state index contributed by atoms with van der Waals surface area (Å²) in [6.45, 7) is 16.3. The van der Waals surface area contributed by atoms with Crippen LogP contribution in [0.15, 0.2) is 23.5 Å². The average Bonchev–Trinajstić information content (AvgIpc) is 2.67. The van der Waals surface area contributed by atoms with Gasteiger partial charge in [-0.15, -0.1) is 0 Å². The van der Waals surface area contributed by atoms with Gasteiger partial charge in [-0.2, -0.15) is 0 Å². The van der Waals surface area contributed by atoms with E-state index in [-0.39, 0.29) is 0 Å². The summed E-state index contributed by atoms with van der Waals surface area (Å²) >= 11 is 0. The Kier molecular flexibility index (Phi) is 7.91. The van der Waals surface area contributed by atoms with E-state index in [0.29, 0.717) is 6.04 Å². The minimum Gasteiger partial charge on any atom is -0.357 e. The van der Waals surface area contributed by atoms with E-state index in [1.54, 1.807) is 12.4 Å². The minimum atomic E-state index is 0.461. The Hall–Kier alpha value is -1.89. The fourth-order valence-corrected chi connectivity index (χ4v) is 3.18. The molecule has 0 aliphatic carbocycles. The second kappa shape index (κ2) is 10.2. The van der Waals surface area contributed by atoms with Crippen molar-refractivity contribution in [1.82, 2.24) is 25.1 Å².